The Bertz CT molecular complexity index is 278. The maximum atomic E-state index is 3.39. The van der Waals surface area contributed by atoms with E-state index in [1.54, 1.807) is 11.1 Å². The Balaban J connectivity index is 2.36. The molecule has 0 saturated carbocycles. The smallest absolute Gasteiger partial charge is 0.0214 e. The highest BCUT2D eigenvalue weighted by atomic mass is 14.9. The molecule has 1 aromatic rings. The zero-order chi connectivity index (χ0) is 8.39. The lowest BCUT2D eigenvalue weighted by molar-refractivity contribution is 0.760. The number of benzene rings is 1. The van der Waals surface area contributed by atoms with Crippen LogP contribution in [0.2, 0.25) is 0 Å². The van der Waals surface area contributed by atoms with E-state index >= 15 is 0 Å². The molecule has 1 aromatic carbocycles. The first kappa shape index (κ1) is 7.81. The number of hydrogen-bond acceptors (Lipinski definition) is 1. The third-order valence-electron chi connectivity index (χ3n) is 2.51. The van der Waals surface area contributed by atoms with Crippen LogP contribution in [0.5, 0.6) is 0 Å². The summed E-state index contributed by atoms with van der Waals surface area (Å²) in [4.78, 5) is 0. The lowest BCUT2D eigenvalue weighted by Crippen LogP contribution is -2.01. The van der Waals surface area contributed by atoms with E-state index in [-0.39, 0.29) is 0 Å². The molecule has 1 nitrogen and oxygen atoms in total. The molecule has 1 N–H and O–H groups in total. The number of hydrogen-bond donors (Lipinski definition) is 1. The fraction of sp³-hybridized carbons (Fsp3) is 0.455. The Morgan fingerprint density at radius 3 is 3.08 bits per heavy atom. The van der Waals surface area contributed by atoms with E-state index in [2.05, 4.69) is 30.4 Å². The first-order chi connectivity index (χ1) is 5.92. The molecule has 0 spiro atoms. The fourth-order valence-electron chi connectivity index (χ4n) is 1.91. The van der Waals surface area contributed by atoms with Crippen molar-refractivity contribution in [1.29, 1.82) is 0 Å². The molecule has 0 bridgehead atoms. The van der Waals surface area contributed by atoms with E-state index in [1.807, 2.05) is 0 Å². The largest absolute Gasteiger partial charge is 0.309 e. The minimum Gasteiger partial charge on any atom is -0.309 e. The molecule has 12 heavy (non-hydrogen) atoms. The van der Waals surface area contributed by atoms with Crippen molar-refractivity contribution in [2.45, 2.75) is 32.9 Å². The van der Waals surface area contributed by atoms with Gasteiger partial charge in [0.05, 0.1) is 0 Å². The van der Waals surface area contributed by atoms with Crippen molar-refractivity contribution < 1.29 is 0 Å². The normalized spacial score (nSPS) is 14.8. The Morgan fingerprint density at radius 1 is 1.33 bits per heavy atom. The van der Waals surface area contributed by atoms with E-state index in [1.165, 1.54) is 18.4 Å². The van der Waals surface area contributed by atoms with Crippen LogP contribution in [0, 0.1) is 0 Å². The molecule has 0 atom stereocenters. The van der Waals surface area contributed by atoms with Crippen LogP contribution in [0.4, 0.5) is 0 Å². The van der Waals surface area contributed by atoms with Crippen LogP contribution in [-0.4, -0.2) is 0 Å². The van der Waals surface area contributed by atoms with Gasteiger partial charge >= 0.3 is 0 Å². The van der Waals surface area contributed by atoms with E-state index in [0.29, 0.717) is 0 Å². The number of rotatable bonds is 2. The van der Waals surface area contributed by atoms with Gasteiger partial charge in [0.1, 0.15) is 0 Å². The summed E-state index contributed by atoms with van der Waals surface area (Å²) in [6.07, 6.45) is 2.47. The zero-order valence-electron chi connectivity index (χ0n) is 7.56. The third kappa shape index (κ3) is 1.25. The lowest BCUT2D eigenvalue weighted by atomic mass is 10.0. The summed E-state index contributed by atoms with van der Waals surface area (Å²) in [5.41, 5.74) is 4.60. The summed E-state index contributed by atoms with van der Waals surface area (Å²) in [6, 6.07) is 6.67. The average Bonchev–Trinajstić information content (AvgIpc) is 2.53. The molecular formula is C11H15N. The second-order valence-electron chi connectivity index (χ2n) is 3.41. The maximum Gasteiger partial charge on any atom is 0.0214 e. The predicted octanol–water partition coefficient (Wildman–Crippen LogP) is 2.24. The Kier molecular flexibility index (Phi) is 2.13. The van der Waals surface area contributed by atoms with Crippen LogP contribution in [0.3, 0.4) is 0 Å². The number of nitrogens with one attached hydrogen (secondary N) is 1. The van der Waals surface area contributed by atoms with Crippen LogP contribution in [-0.2, 0) is 19.5 Å². The van der Waals surface area contributed by atoms with Crippen molar-refractivity contribution in [3.63, 3.8) is 0 Å². The van der Waals surface area contributed by atoms with Crippen LogP contribution in [0.15, 0.2) is 18.2 Å². The quantitative estimate of drug-likeness (QED) is 0.701. The van der Waals surface area contributed by atoms with Gasteiger partial charge in [-0.15, -0.1) is 0 Å². The van der Waals surface area contributed by atoms with E-state index in [9.17, 15) is 0 Å². The molecule has 64 valence electrons. The first-order valence-electron chi connectivity index (χ1n) is 4.72. The molecule has 0 unspecified atom stereocenters. The highest BCUT2D eigenvalue weighted by Crippen LogP contribution is 2.20. The molecule has 0 radical (unpaired) electrons. The molecule has 1 aliphatic rings. The Labute approximate surface area is 73.8 Å². The predicted molar refractivity (Wildman–Crippen MR) is 51.0 cm³/mol. The Morgan fingerprint density at radius 2 is 2.25 bits per heavy atom. The first-order valence-corrected chi connectivity index (χ1v) is 4.72. The molecule has 1 aliphatic heterocycles. The van der Waals surface area contributed by atoms with Crippen LogP contribution < -0.4 is 5.32 Å². The van der Waals surface area contributed by atoms with Gasteiger partial charge < -0.3 is 5.32 Å². The Hall–Kier alpha value is -0.820. The summed E-state index contributed by atoms with van der Waals surface area (Å²) in [5, 5.41) is 3.39. The van der Waals surface area contributed by atoms with Crippen molar-refractivity contribution in [3.05, 3.63) is 34.9 Å². The van der Waals surface area contributed by atoms with Gasteiger partial charge in [-0.25, -0.2) is 0 Å². The minimum absolute atomic E-state index is 1.06. The van der Waals surface area contributed by atoms with Crippen molar-refractivity contribution in [1.82, 2.24) is 5.32 Å². The van der Waals surface area contributed by atoms with Crippen molar-refractivity contribution in [3.8, 4) is 0 Å². The van der Waals surface area contributed by atoms with Crippen LogP contribution in [0.1, 0.15) is 30.0 Å². The fourth-order valence-corrected chi connectivity index (χ4v) is 1.91. The molecule has 0 aromatic heterocycles. The zero-order valence-corrected chi connectivity index (χ0v) is 7.56. The second-order valence-corrected chi connectivity index (χ2v) is 3.41. The molecule has 0 aliphatic carbocycles. The van der Waals surface area contributed by atoms with Gasteiger partial charge in [0.2, 0.25) is 0 Å². The van der Waals surface area contributed by atoms with Crippen LogP contribution >= 0.6 is 0 Å². The SMILES string of the molecule is CCCc1cccc2c1CNC2. The highest BCUT2D eigenvalue weighted by Gasteiger charge is 2.12. The van der Waals surface area contributed by atoms with Crippen molar-refractivity contribution >= 4 is 0 Å². The lowest BCUT2D eigenvalue weighted by Gasteiger charge is -2.05. The van der Waals surface area contributed by atoms with Gasteiger partial charge in [-0.1, -0.05) is 31.5 Å². The molecule has 0 saturated heterocycles. The van der Waals surface area contributed by atoms with Gasteiger partial charge in [-0.2, -0.15) is 0 Å². The van der Waals surface area contributed by atoms with Gasteiger partial charge in [0.25, 0.3) is 0 Å². The van der Waals surface area contributed by atoms with Gasteiger partial charge in [-0.05, 0) is 23.1 Å². The summed E-state index contributed by atoms with van der Waals surface area (Å²) >= 11 is 0. The summed E-state index contributed by atoms with van der Waals surface area (Å²) < 4.78 is 0. The highest BCUT2D eigenvalue weighted by molar-refractivity contribution is 5.37. The number of aryl methyl sites for hydroxylation is 1. The molecular weight excluding hydrogens is 146 g/mol. The molecule has 0 amide bonds. The van der Waals surface area contributed by atoms with E-state index in [4.69, 9.17) is 0 Å². The van der Waals surface area contributed by atoms with Gasteiger partial charge in [0.15, 0.2) is 0 Å². The molecule has 1 heteroatoms. The maximum absolute atomic E-state index is 3.39. The summed E-state index contributed by atoms with van der Waals surface area (Å²) in [6.45, 7) is 4.38. The van der Waals surface area contributed by atoms with Crippen LogP contribution in [0.25, 0.3) is 0 Å². The topological polar surface area (TPSA) is 12.0 Å². The van der Waals surface area contributed by atoms with E-state index in [0.717, 1.165) is 13.1 Å². The molecule has 2 rings (SSSR count). The standard InChI is InChI=1S/C11H15N/c1-2-4-9-5-3-6-10-7-12-8-11(9)10/h3,5-6,12H,2,4,7-8H2,1H3. The number of fused-ring (bicyclic) bond motifs is 1. The van der Waals surface area contributed by atoms with E-state index < -0.39 is 0 Å². The molecule has 0 fully saturated rings. The average molecular weight is 161 g/mol. The van der Waals surface area contributed by atoms with Gasteiger partial charge in [0, 0.05) is 13.1 Å². The minimum atomic E-state index is 1.06. The second kappa shape index (κ2) is 3.28. The molecule has 1 heterocycles. The van der Waals surface area contributed by atoms with Crippen molar-refractivity contribution in [2.24, 2.45) is 0 Å². The van der Waals surface area contributed by atoms with Gasteiger partial charge in [-0.3, -0.25) is 0 Å². The summed E-state index contributed by atoms with van der Waals surface area (Å²) in [5.74, 6) is 0. The third-order valence-corrected chi connectivity index (χ3v) is 2.51. The monoisotopic (exact) mass is 161 g/mol. The van der Waals surface area contributed by atoms with Crippen molar-refractivity contribution in [2.75, 3.05) is 0 Å². The summed E-state index contributed by atoms with van der Waals surface area (Å²) in [7, 11) is 0.